The van der Waals surface area contributed by atoms with Crippen LogP contribution in [-0.4, -0.2) is 41.3 Å². The Hall–Kier alpha value is -2.11. The highest BCUT2D eigenvalue weighted by Gasteiger charge is 2.41. The second kappa shape index (κ2) is 5.02. The largest absolute Gasteiger partial charge is 0.356 e. The lowest BCUT2D eigenvalue weighted by Gasteiger charge is -2.38. The van der Waals surface area contributed by atoms with Crippen LogP contribution in [0.4, 0.5) is 0 Å². The van der Waals surface area contributed by atoms with Gasteiger partial charge in [0, 0.05) is 31.7 Å². The van der Waals surface area contributed by atoms with Gasteiger partial charge in [0.25, 0.3) is 11.5 Å². The molecule has 1 aromatic heterocycles. The number of pyridine rings is 1. The normalized spacial score (nSPS) is 20.6. The van der Waals surface area contributed by atoms with Gasteiger partial charge < -0.3 is 15.2 Å². The molecule has 2 fully saturated rings. The van der Waals surface area contributed by atoms with Gasteiger partial charge in [-0.25, -0.2) is 0 Å². The summed E-state index contributed by atoms with van der Waals surface area (Å²) >= 11 is 0. The van der Waals surface area contributed by atoms with Crippen molar-refractivity contribution in [3.8, 4) is 0 Å². The van der Waals surface area contributed by atoms with Crippen molar-refractivity contribution in [3.63, 3.8) is 0 Å². The van der Waals surface area contributed by atoms with Crippen molar-refractivity contribution in [1.29, 1.82) is 0 Å². The summed E-state index contributed by atoms with van der Waals surface area (Å²) in [7, 11) is 0. The average Bonchev–Trinajstić information content (AvgIpc) is 2.80. The number of likely N-dealkylation sites (tertiary alicyclic amines) is 1. The number of rotatable bonds is 1. The number of nitrogens with zero attached hydrogens (tertiary/aromatic N) is 1. The summed E-state index contributed by atoms with van der Waals surface area (Å²) in [6.45, 7) is 3.69. The Bertz CT molecular complexity index is 642. The molecule has 3 rings (SSSR count). The smallest absolute Gasteiger partial charge is 0.260 e. The Morgan fingerprint density at radius 1 is 1.24 bits per heavy atom. The molecule has 0 bridgehead atoms. The Labute approximate surface area is 122 Å². The molecule has 1 aromatic rings. The van der Waals surface area contributed by atoms with Gasteiger partial charge >= 0.3 is 0 Å². The van der Waals surface area contributed by atoms with E-state index in [9.17, 15) is 14.4 Å². The summed E-state index contributed by atoms with van der Waals surface area (Å²) in [5, 5.41) is 2.87. The molecule has 0 saturated carbocycles. The Morgan fingerprint density at radius 3 is 2.52 bits per heavy atom. The molecule has 1 spiro atoms. The minimum absolute atomic E-state index is 0.00750. The average molecular weight is 289 g/mol. The maximum absolute atomic E-state index is 12.4. The number of hydrogen-bond acceptors (Lipinski definition) is 3. The maximum atomic E-state index is 12.4. The second-order valence-corrected chi connectivity index (χ2v) is 6.13. The highest BCUT2D eigenvalue weighted by molar-refractivity contribution is 5.94. The van der Waals surface area contributed by atoms with Crippen molar-refractivity contribution in [2.75, 3.05) is 19.6 Å². The fraction of sp³-hybridized carbons (Fsp3) is 0.533. The Kier molecular flexibility index (Phi) is 3.31. The molecule has 0 aliphatic carbocycles. The van der Waals surface area contributed by atoms with Crippen LogP contribution >= 0.6 is 0 Å². The van der Waals surface area contributed by atoms with Gasteiger partial charge in [-0.3, -0.25) is 14.4 Å². The van der Waals surface area contributed by atoms with Crippen LogP contribution in [0.1, 0.15) is 35.3 Å². The number of carbonyl (C=O) groups excluding carboxylic acids is 2. The lowest BCUT2D eigenvalue weighted by Crippen LogP contribution is -2.45. The topological polar surface area (TPSA) is 82.3 Å². The molecule has 2 aliphatic heterocycles. The van der Waals surface area contributed by atoms with E-state index in [0.717, 1.165) is 18.5 Å². The molecule has 6 nitrogen and oxygen atoms in total. The third-order valence-corrected chi connectivity index (χ3v) is 4.59. The van der Waals surface area contributed by atoms with Crippen LogP contribution < -0.4 is 10.9 Å². The van der Waals surface area contributed by atoms with Crippen molar-refractivity contribution in [2.24, 2.45) is 5.41 Å². The predicted molar refractivity (Wildman–Crippen MR) is 77.0 cm³/mol. The molecule has 112 valence electrons. The molecule has 0 radical (unpaired) electrons. The molecule has 2 saturated heterocycles. The van der Waals surface area contributed by atoms with Crippen molar-refractivity contribution in [2.45, 2.75) is 26.2 Å². The van der Waals surface area contributed by atoms with Gasteiger partial charge in [-0.1, -0.05) is 0 Å². The first-order valence-electron chi connectivity index (χ1n) is 7.25. The second-order valence-electron chi connectivity index (χ2n) is 6.13. The first-order chi connectivity index (χ1) is 9.99. The van der Waals surface area contributed by atoms with Gasteiger partial charge in [0.15, 0.2) is 0 Å². The number of aromatic amines is 1. The summed E-state index contributed by atoms with van der Waals surface area (Å²) in [5.74, 6) is -0.117. The molecule has 0 atom stereocenters. The summed E-state index contributed by atoms with van der Waals surface area (Å²) in [5.41, 5.74) is 0.605. The van der Waals surface area contributed by atoms with E-state index < -0.39 is 0 Å². The Morgan fingerprint density at radius 2 is 1.95 bits per heavy atom. The molecular formula is C15H19N3O3. The third kappa shape index (κ3) is 2.57. The lowest BCUT2D eigenvalue weighted by molar-refractivity contribution is -0.119. The van der Waals surface area contributed by atoms with Gasteiger partial charge in [0.1, 0.15) is 5.56 Å². The zero-order chi connectivity index (χ0) is 15.0. The molecule has 21 heavy (non-hydrogen) atoms. The van der Waals surface area contributed by atoms with E-state index in [2.05, 4.69) is 10.3 Å². The summed E-state index contributed by atoms with van der Waals surface area (Å²) in [4.78, 5) is 40.0. The third-order valence-electron chi connectivity index (χ3n) is 4.59. The van der Waals surface area contributed by atoms with E-state index in [0.29, 0.717) is 26.1 Å². The first kappa shape index (κ1) is 13.9. The van der Waals surface area contributed by atoms with Crippen molar-refractivity contribution in [3.05, 3.63) is 33.7 Å². The standard InChI is InChI=1S/C15H19N3O3/c1-10-2-3-11(13(20)17-10)14(21)18-6-4-15(5-7-18)8-12(19)16-9-15/h2-3H,4-9H2,1H3,(H,16,19)(H,17,20). The van der Waals surface area contributed by atoms with Crippen molar-refractivity contribution in [1.82, 2.24) is 15.2 Å². The fourth-order valence-corrected chi connectivity index (χ4v) is 3.20. The van der Waals surface area contributed by atoms with Crippen LogP contribution in [0.3, 0.4) is 0 Å². The number of hydrogen-bond donors (Lipinski definition) is 2. The highest BCUT2D eigenvalue weighted by Crippen LogP contribution is 2.37. The van der Waals surface area contributed by atoms with E-state index >= 15 is 0 Å². The summed E-state index contributed by atoms with van der Waals surface area (Å²) in [6.07, 6.45) is 2.17. The van der Waals surface area contributed by atoms with E-state index in [-0.39, 0.29) is 28.4 Å². The molecule has 6 heteroatoms. The Balaban J connectivity index is 1.70. The monoisotopic (exact) mass is 289 g/mol. The van der Waals surface area contributed by atoms with Gasteiger partial charge in [0.05, 0.1) is 0 Å². The van der Waals surface area contributed by atoms with Gasteiger partial charge in [-0.2, -0.15) is 0 Å². The minimum atomic E-state index is -0.335. The molecule has 0 aromatic carbocycles. The molecule has 3 heterocycles. The molecule has 0 unspecified atom stereocenters. The van der Waals surface area contributed by atoms with E-state index in [1.165, 1.54) is 0 Å². The van der Waals surface area contributed by atoms with Gasteiger partial charge in [0.2, 0.25) is 5.91 Å². The first-order valence-corrected chi connectivity index (χ1v) is 7.25. The number of amides is 2. The number of carbonyl (C=O) groups is 2. The van der Waals surface area contributed by atoms with Crippen LogP contribution in [0.15, 0.2) is 16.9 Å². The van der Waals surface area contributed by atoms with Crippen LogP contribution in [0.5, 0.6) is 0 Å². The molecule has 2 aliphatic rings. The number of piperidine rings is 1. The van der Waals surface area contributed by atoms with Crippen LogP contribution in [0.25, 0.3) is 0 Å². The number of nitrogens with one attached hydrogen (secondary N) is 2. The SMILES string of the molecule is Cc1ccc(C(=O)N2CCC3(CC2)CNC(=O)C3)c(=O)[nH]1. The predicted octanol–water partition coefficient (Wildman–Crippen LogP) is 0.426. The van der Waals surface area contributed by atoms with Crippen molar-refractivity contribution < 1.29 is 9.59 Å². The highest BCUT2D eigenvalue weighted by atomic mass is 16.2. The van der Waals surface area contributed by atoms with Gasteiger partial charge in [-0.15, -0.1) is 0 Å². The lowest BCUT2D eigenvalue weighted by atomic mass is 9.77. The number of aryl methyl sites for hydroxylation is 1. The summed E-state index contributed by atoms with van der Waals surface area (Å²) in [6, 6.07) is 3.32. The van der Waals surface area contributed by atoms with Crippen LogP contribution in [-0.2, 0) is 4.79 Å². The van der Waals surface area contributed by atoms with Crippen LogP contribution in [0.2, 0.25) is 0 Å². The van der Waals surface area contributed by atoms with Crippen LogP contribution in [0, 0.1) is 12.3 Å². The van der Waals surface area contributed by atoms with Crippen molar-refractivity contribution >= 4 is 11.8 Å². The van der Waals surface area contributed by atoms with Gasteiger partial charge in [-0.05, 0) is 37.3 Å². The molecule has 2 N–H and O–H groups in total. The molecule has 2 amide bonds. The number of H-pyrrole nitrogens is 1. The summed E-state index contributed by atoms with van der Waals surface area (Å²) < 4.78 is 0. The zero-order valence-corrected chi connectivity index (χ0v) is 12.1. The number of aromatic nitrogens is 1. The van der Waals surface area contributed by atoms with E-state index in [1.54, 1.807) is 24.0 Å². The van der Waals surface area contributed by atoms with E-state index in [1.807, 2.05) is 0 Å². The fourth-order valence-electron chi connectivity index (χ4n) is 3.20. The quantitative estimate of drug-likeness (QED) is 0.786. The zero-order valence-electron chi connectivity index (χ0n) is 12.1. The van der Waals surface area contributed by atoms with E-state index in [4.69, 9.17) is 0 Å². The minimum Gasteiger partial charge on any atom is -0.356 e. The molecular weight excluding hydrogens is 270 g/mol. The maximum Gasteiger partial charge on any atom is 0.260 e.